The number of benzene rings is 1. The number of urea groups is 1. The molecular weight excluding hydrogens is 376 g/mol. The second-order valence-corrected chi connectivity index (χ2v) is 9.32. The molecule has 2 aliphatic rings. The first-order chi connectivity index (χ1) is 14.2. The molecule has 1 aromatic rings. The Labute approximate surface area is 180 Å². The quantitative estimate of drug-likeness (QED) is 0.614. The third kappa shape index (κ3) is 4.71. The van der Waals surface area contributed by atoms with Crippen LogP contribution in [0.3, 0.4) is 0 Å². The van der Waals surface area contributed by atoms with E-state index in [9.17, 15) is 9.59 Å². The molecule has 2 N–H and O–H groups in total. The molecule has 164 valence electrons. The van der Waals surface area contributed by atoms with Crippen LogP contribution in [-0.4, -0.2) is 28.6 Å². The Morgan fingerprint density at radius 2 is 1.97 bits per heavy atom. The topological polar surface area (TPSA) is 69.6 Å². The van der Waals surface area contributed by atoms with Crippen molar-refractivity contribution in [2.24, 2.45) is 11.8 Å². The predicted molar refractivity (Wildman–Crippen MR) is 119 cm³/mol. The monoisotopic (exact) mass is 412 g/mol. The Bertz CT molecular complexity index is 824. The number of amides is 2. The van der Waals surface area contributed by atoms with Gasteiger partial charge in [0.25, 0.3) is 0 Å². The molecule has 30 heavy (non-hydrogen) atoms. The zero-order valence-electron chi connectivity index (χ0n) is 18.8. The highest BCUT2D eigenvalue weighted by Crippen LogP contribution is 2.38. The minimum Gasteiger partial charge on any atom is -0.481 e. The van der Waals surface area contributed by atoms with E-state index in [1.54, 1.807) is 0 Å². The second kappa shape index (κ2) is 9.23. The van der Waals surface area contributed by atoms with Gasteiger partial charge >= 0.3 is 12.0 Å². The minimum absolute atomic E-state index is 0.0676. The van der Waals surface area contributed by atoms with Crippen LogP contribution in [0.5, 0.6) is 0 Å². The van der Waals surface area contributed by atoms with Crippen molar-refractivity contribution in [2.75, 3.05) is 6.54 Å². The minimum atomic E-state index is -0.902. The van der Waals surface area contributed by atoms with Crippen molar-refractivity contribution in [2.45, 2.75) is 78.2 Å². The van der Waals surface area contributed by atoms with Crippen LogP contribution in [0.2, 0.25) is 0 Å². The average Bonchev–Trinajstić information content (AvgIpc) is 3.20. The number of hydrogen-bond acceptors (Lipinski definition) is 2. The Morgan fingerprint density at radius 3 is 2.57 bits per heavy atom. The van der Waals surface area contributed by atoms with Crippen molar-refractivity contribution in [1.29, 1.82) is 0 Å². The van der Waals surface area contributed by atoms with Gasteiger partial charge in [0.05, 0.1) is 12.0 Å². The van der Waals surface area contributed by atoms with Crippen molar-refractivity contribution >= 4 is 12.0 Å². The van der Waals surface area contributed by atoms with Crippen LogP contribution in [0, 0.1) is 11.8 Å². The van der Waals surface area contributed by atoms with Gasteiger partial charge < -0.3 is 15.3 Å². The Kier molecular flexibility index (Phi) is 6.89. The highest BCUT2D eigenvalue weighted by atomic mass is 16.4. The van der Waals surface area contributed by atoms with Gasteiger partial charge in [-0.1, -0.05) is 64.7 Å². The molecule has 3 rings (SSSR count). The Balaban J connectivity index is 1.92. The van der Waals surface area contributed by atoms with Crippen LogP contribution in [0.25, 0.3) is 0 Å². The van der Waals surface area contributed by atoms with Crippen LogP contribution in [0.15, 0.2) is 30.0 Å². The lowest BCUT2D eigenvalue weighted by Gasteiger charge is -2.42. The number of carbonyl (C=O) groups excluding carboxylic acids is 1. The second-order valence-electron chi connectivity index (χ2n) is 9.32. The maximum absolute atomic E-state index is 12.8. The molecule has 0 bridgehead atoms. The van der Waals surface area contributed by atoms with Gasteiger partial charge in [0.1, 0.15) is 0 Å². The van der Waals surface area contributed by atoms with E-state index in [4.69, 9.17) is 5.11 Å². The summed E-state index contributed by atoms with van der Waals surface area (Å²) < 4.78 is 0. The average molecular weight is 413 g/mol. The van der Waals surface area contributed by atoms with Gasteiger partial charge in [-0.15, -0.1) is 0 Å². The van der Waals surface area contributed by atoms with Gasteiger partial charge in [0, 0.05) is 12.7 Å². The molecule has 1 atom stereocenters. The lowest BCUT2D eigenvalue weighted by atomic mass is 9.77. The zero-order chi connectivity index (χ0) is 21.9. The largest absolute Gasteiger partial charge is 0.481 e. The number of hydrogen-bond donors (Lipinski definition) is 2. The predicted octanol–water partition coefficient (Wildman–Crippen LogP) is 5.24. The molecular formula is C25H36N2O3. The van der Waals surface area contributed by atoms with E-state index in [1.807, 2.05) is 6.20 Å². The van der Waals surface area contributed by atoms with Crippen molar-refractivity contribution in [3.05, 3.63) is 46.7 Å². The maximum Gasteiger partial charge on any atom is 0.322 e. The first-order valence-electron chi connectivity index (χ1n) is 11.4. The summed E-state index contributed by atoms with van der Waals surface area (Å²) >= 11 is 0. The fourth-order valence-electron chi connectivity index (χ4n) is 5.05. The van der Waals surface area contributed by atoms with Crippen LogP contribution in [0.1, 0.15) is 76.5 Å². The van der Waals surface area contributed by atoms with Gasteiger partial charge in [-0.3, -0.25) is 4.79 Å². The molecule has 0 unspecified atom stereocenters. The molecule has 5 heteroatoms. The molecule has 1 fully saturated rings. The molecule has 0 aromatic heterocycles. The van der Waals surface area contributed by atoms with E-state index in [2.05, 4.69) is 51.2 Å². The molecule has 1 aliphatic carbocycles. The van der Waals surface area contributed by atoms with Crippen molar-refractivity contribution in [3.63, 3.8) is 0 Å². The number of nitrogens with zero attached hydrogens (tertiary/aromatic N) is 1. The van der Waals surface area contributed by atoms with Gasteiger partial charge in [-0.05, 0) is 53.9 Å². The molecule has 0 radical (unpaired) electrons. The van der Waals surface area contributed by atoms with Crippen molar-refractivity contribution in [1.82, 2.24) is 10.2 Å². The third-order valence-electron chi connectivity index (χ3n) is 6.83. The molecule has 0 spiro atoms. The Morgan fingerprint density at radius 1 is 1.27 bits per heavy atom. The van der Waals surface area contributed by atoms with Crippen LogP contribution < -0.4 is 5.32 Å². The van der Waals surface area contributed by atoms with E-state index in [0.717, 1.165) is 29.9 Å². The standard InChI is InChI=1S/C25H36N2O3/c1-5-19-15-21(11-10-20(19)14-18-8-6-7-9-18)25(4)22(17(2)3)16-27(24(30)26-25)13-12-23(28)29/h10-11,15-18H,5-9,12-14H2,1-4H3,(H,26,30)(H,28,29)/t25-/m0/s1. The molecule has 1 heterocycles. The Hall–Kier alpha value is -2.30. The molecule has 2 amide bonds. The summed E-state index contributed by atoms with van der Waals surface area (Å²) in [5.74, 6) is 0.118. The molecule has 1 aliphatic heterocycles. The highest BCUT2D eigenvalue weighted by molar-refractivity contribution is 5.80. The lowest BCUT2D eigenvalue weighted by Crippen LogP contribution is -2.55. The van der Waals surface area contributed by atoms with Gasteiger partial charge in [0.15, 0.2) is 0 Å². The molecule has 5 nitrogen and oxygen atoms in total. The fourth-order valence-corrected chi connectivity index (χ4v) is 5.05. The zero-order valence-corrected chi connectivity index (χ0v) is 18.8. The van der Waals surface area contributed by atoms with E-state index in [0.29, 0.717) is 0 Å². The highest BCUT2D eigenvalue weighted by Gasteiger charge is 2.39. The van der Waals surface area contributed by atoms with Crippen molar-refractivity contribution in [3.8, 4) is 0 Å². The van der Waals surface area contributed by atoms with Crippen LogP contribution in [-0.2, 0) is 23.2 Å². The van der Waals surface area contributed by atoms with E-state index in [1.165, 1.54) is 41.7 Å². The molecule has 0 saturated heterocycles. The number of aryl methyl sites for hydroxylation is 1. The van der Waals surface area contributed by atoms with Crippen LogP contribution >= 0.6 is 0 Å². The molecule has 1 aromatic carbocycles. The van der Waals surface area contributed by atoms with E-state index < -0.39 is 11.5 Å². The number of nitrogens with one attached hydrogen (secondary N) is 1. The lowest BCUT2D eigenvalue weighted by molar-refractivity contribution is -0.137. The summed E-state index contributed by atoms with van der Waals surface area (Å²) in [7, 11) is 0. The fraction of sp³-hybridized carbons (Fsp3) is 0.600. The smallest absolute Gasteiger partial charge is 0.322 e. The maximum atomic E-state index is 12.8. The number of carbonyl (C=O) groups is 2. The summed E-state index contributed by atoms with van der Waals surface area (Å²) in [5.41, 5.74) is 4.41. The van der Waals surface area contributed by atoms with Gasteiger partial charge in [-0.2, -0.15) is 0 Å². The third-order valence-corrected chi connectivity index (χ3v) is 6.83. The summed E-state index contributed by atoms with van der Waals surface area (Å²) in [6, 6.07) is 6.47. The normalized spacial score (nSPS) is 22.4. The summed E-state index contributed by atoms with van der Waals surface area (Å²) in [6.45, 7) is 8.68. The molecule has 1 saturated carbocycles. The number of carboxylic acid groups (broad SMARTS) is 1. The SMILES string of the molecule is CCc1cc([C@]2(C)NC(=O)N(CCC(=O)O)C=C2C(C)C)ccc1CC1CCCC1. The van der Waals surface area contributed by atoms with Gasteiger partial charge in [-0.25, -0.2) is 4.79 Å². The number of rotatable bonds is 8. The summed E-state index contributed by atoms with van der Waals surface area (Å²) in [6.07, 6.45) is 9.32. The van der Waals surface area contributed by atoms with Crippen LogP contribution in [0.4, 0.5) is 4.79 Å². The van der Waals surface area contributed by atoms with Gasteiger partial charge in [0.2, 0.25) is 0 Å². The van der Waals surface area contributed by atoms with E-state index >= 15 is 0 Å². The first-order valence-corrected chi connectivity index (χ1v) is 11.4. The summed E-state index contributed by atoms with van der Waals surface area (Å²) in [4.78, 5) is 25.3. The number of carboxylic acids is 1. The summed E-state index contributed by atoms with van der Waals surface area (Å²) in [5, 5.41) is 12.2. The first kappa shape index (κ1) is 22.4. The van der Waals surface area contributed by atoms with E-state index in [-0.39, 0.29) is 24.9 Å². The van der Waals surface area contributed by atoms with Crippen molar-refractivity contribution < 1.29 is 14.7 Å². The number of aliphatic carboxylic acids is 1.